The number of aliphatic hydroxyl groups is 1. The van der Waals surface area contributed by atoms with Gasteiger partial charge in [-0.25, -0.2) is 4.79 Å². The summed E-state index contributed by atoms with van der Waals surface area (Å²) in [7, 11) is 0. The first-order valence-corrected chi connectivity index (χ1v) is 7.44. The first-order valence-electron chi connectivity index (χ1n) is 7.44. The Morgan fingerprint density at radius 1 is 1.43 bits per heavy atom. The van der Waals surface area contributed by atoms with E-state index in [4.69, 9.17) is 14.2 Å². The van der Waals surface area contributed by atoms with E-state index in [9.17, 15) is 14.7 Å². The van der Waals surface area contributed by atoms with Gasteiger partial charge in [-0.1, -0.05) is 6.08 Å². The van der Waals surface area contributed by atoms with Crippen molar-refractivity contribution in [1.29, 1.82) is 0 Å². The minimum absolute atomic E-state index is 0.324. The Bertz CT molecular complexity index is 708. The highest BCUT2D eigenvalue weighted by molar-refractivity contribution is 5.01. The Labute approximate surface area is 132 Å². The predicted octanol–water partition coefficient (Wildman–Crippen LogP) is -0.109. The van der Waals surface area contributed by atoms with Crippen molar-refractivity contribution in [3.63, 3.8) is 0 Å². The van der Waals surface area contributed by atoms with Crippen LogP contribution in [0.2, 0.25) is 0 Å². The average Bonchev–Trinajstić information content (AvgIpc) is 2.93. The highest BCUT2D eigenvalue weighted by Crippen LogP contribution is 2.43. The van der Waals surface area contributed by atoms with Crippen LogP contribution in [0.25, 0.3) is 0 Å². The second-order valence-electron chi connectivity index (χ2n) is 6.17. The molecule has 3 heterocycles. The van der Waals surface area contributed by atoms with Crippen LogP contribution in [-0.2, 0) is 14.2 Å². The van der Waals surface area contributed by atoms with E-state index < -0.39 is 47.7 Å². The molecular weight excluding hydrogens is 304 g/mol. The number of H-pyrrole nitrogens is 1. The number of aromatic amines is 1. The number of nitrogens with one attached hydrogen (secondary N) is 1. The third-order valence-electron chi connectivity index (χ3n) is 3.98. The molecule has 2 fully saturated rings. The molecule has 5 atom stereocenters. The van der Waals surface area contributed by atoms with Crippen LogP contribution in [0.4, 0.5) is 0 Å². The van der Waals surface area contributed by atoms with E-state index in [0.29, 0.717) is 6.42 Å². The van der Waals surface area contributed by atoms with Gasteiger partial charge in [0, 0.05) is 12.3 Å². The zero-order valence-corrected chi connectivity index (χ0v) is 13.0. The first kappa shape index (κ1) is 16.1. The van der Waals surface area contributed by atoms with Crippen molar-refractivity contribution < 1.29 is 19.3 Å². The van der Waals surface area contributed by atoms with E-state index in [-0.39, 0.29) is 0 Å². The van der Waals surface area contributed by atoms with Gasteiger partial charge in [-0.15, -0.1) is 6.58 Å². The van der Waals surface area contributed by atoms with E-state index in [0.717, 1.165) is 0 Å². The molecule has 0 radical (unpaired) electrons. The summed E-state index contributed by atoms with van der Waals surface area (Å²) in [4.78, 5) is 25.4. The van der Waals surface area contributed by atoms with E-state index in [1.807, 2.05) is 0 Å². The molecule has 0 aromatic carbocycles. The Hall–Kier alpha value is -1.74. The summed E-state index contributed by atoms with van der Waals surface area (Å²) in [5.41, 5.74) is -1.10. The van der Waals surface area contributed by atoms with Crippen molar-refractivity contribution in [2.75, 3.05) is 0 Å². The van der Waals surface area contributed by atoms with E-state index >= 15 is 0 Å². The first-order chi connectivity index (χ1) is 10.8. The normalized spacial score (nSPS) is 33.3. The molecule has 2 N–H and O–H groups in total. The minimum Gasteiger partial charge on any atom is -0.390 e. The highest BCUT2D eigenvalue weighted by atomic mass is 16.8. The number of fused-ring (bicyclic) bond motifs is 1. The number of hydrogen-bond donors (Lipinski definition) is 2. The largest absolute Gasteiger partial charge is 0.390 e. The number of aliphatic hydroxyl groups excluding tert-OH is 1. The van der Waals surface area contributed by atoms with Gasteiger partial charge in [0.05, 0.1) is 6.10 Å². The molecule has 8 nitrogen and oxygen atoms in total. The third kappa shape index (κ3) is 2.90. The van der Waals surface area contributed by atoms with Crippen molar-refractivity contribution in [2.24, 2.45) is 0 Å². The molecule has 2 saturated heterocycles. The quantitative estimate of drug-likeness (QED) is 0.749. The van der Waals surface area contributed by atoms with Gasteiger partial charge in [-0.2, -0.15) is 0 Å². The van der Waals surface area contributed by atoms with Crippen LogP contribution in [-0.4, -0.2) is 44.9 Å². The summed E-state index contributed by atoms with van der Waals surface area (Å²) >= 11 is 0. The molecular formula is C15H20N2O6. The summed E-state index contributed by atoms with van der Waals surface area (Å²) in [5, 5.41) is 10.3. The van der Waals surface area contributed by atoms with Crippen LogP contribution in [0.3, 0.4) is 0 Å². The molecule has 3 rings (SSSR count). The molecule has 0 saturated carbocycles. The van der Waals surface area contributed by atoms with Gasteiger partial charge in [-0.3, -0.25) is 14.3 Å². The number of rotatable bonds is 4. The van der Waals surface area contributed by atoms with E-state index in [1.165, 1.54) is 16.8 Å². The fourth-order valence-corrected chi connectivity index (χ4v) is 3.07. The maximum Gasteiger partial charge on any atom is 0.330 e. The Morgan fingerprint density at radius 3 is 2.78 bits per heavy atom. The van der Waals surface area contributed by atoms with Crippen molar-refractivity contribution in [2.45, 2.75) is 56.7 Å². The Kier molecular flexibility index (Phi) is 4.01. The molecule has 0 amide bonds. The second kappa shape index (κ2) is 5.72. The molecule has 0 bridgehead atoms. The molecule has 23 heavy (non-hydrogen) atoms. The van der Waals surface area contributed by atoms with Crippen molar-refractivity contribution in [3.05, 3.63) is 45.8 Å². The van der Waals surface area contributed by atoms with Crippen LogP contribution in [0.15, 0.2) is 34.5 Å². The standard InChI is InChI=1S/C15H20N2O6/c1-4-5-8(18)10-11-12(23-15(2,3)22-11)13(21-10)17-7-6-9(19)16-14(17)20/h4,6-8,10-13,18H,1,5H2,2-3H3,(H,16,19,20)/t8-,10+,11+,12+,13+/m0/s1. The summed E-state index contributed by atoms with van der Waals surface area (Å²) in [5.74, 6) is -0.852. The van der Waals surface area contributed by atoms with Crippen molar-refractivity contribution in [1.82, 2.24) is 9.55 Å². The minimum atomic E-state index is -0.852. The lowest BCUT2D eigenvalue weighted by atomic mass is 10.0. The van der Waals surface area contributed by atoms with E-state index in [2.05, 4.69) is 11.6 Å². The van der Waals surface area contributed by atoms with Crippen molar-refractivity contribution in [3.8, 4) is 0 Å². The van der Waals surface area contributed by atoms with Crippen LogP contribution in [0.1, 0.15) is 26.5 Å². The summed E-state index contributed by atoms with van der Waals surface area (Å²) in [6.45, 7) is 7.12. The topological polar surface area (TPSA) is 103 Å². The molecule has 1 aromatic rings. The summed E-state index contributed by atoms with van der Waals surface area (Å²) in [6, 6.07) is 1.23. The molecule has 0 aliphatic carbocycles. The number of nitrogens with zero attached hydrogens (tertiary/aromatic N) is 1. The molecule has 0 spiro atoms. The molecule has 1 aromatic heterocycles. The number of hydrogen-bond acceptors (Lipinski definition) is 6. The fraction of sp³-hybridized carbons (Fsp3) is 0.600. The van der Waals surface area contributed by atoms with Gasteiger partial charge >= 0.3 is 5.69 Å². The van der Waals surface area contributed by atoms with Crippen LogP contribution < -0.4 is 11.2 Å². The molecule has 0 unspecified atom stereocenters. The molecule has 2 aliphatic rings. The van der Waals surface area contributed by atoms with E-state index in [1.54, 1.807) is 19.9 Å². The highest BCUT2D eigenvalue weighted by Gasteiger charge is 2.57. The van der Waals surface area contributed by atoms with Gasteiger partial charge in [0.25, 0.3) is 5.56 Å². The van der Waals surface area contributed by atoms with Gasteiger partial charge < -0.3 is 19.3 Å². The third-order valence-corrected chi connectivity index (χ3v) is 3.98. The van der Waals surface area contributed by atoms with Gasteiger partial charge in [-0.05, 0) is 20.3 Å². The summed E-state index contributed by atoms with van der Waals surface area (Å²) < 4.78 is 18.8. The number of ether oxygens (including phenoxy) is 3. The van der Waals surface area contributed by atoms with Gasteiger partial charge in [0.1, 0.15) is 18.3 Å². The van der Waals surface area contributed by atoms with Crippen LogP contribution in [0.5, 0.6) is 0 Å². The van der Waals surface area contributed by atoms with Gasteiger partial charge in [0.2, 0.25) is 0 Å². The Balaban J connectivity index is 1.96. The lowest BCUT2D eigenvalue weighted by molar-refractivity contribution is -0.207. The number of aromatic nitrogens is 2. The zero-order chi connectivity index (χ0) is 16.8. The SMILES string of the molecule is C=CC[C@H](O)[C@H]1O[C@@H](n2ccc(=O)[nH]c2=O)[C@@H]2OC(C)(C)O[C@@H]21. The maximum atomic E-state index is 12.0. The fourth-order valence-electron chi connectivity index (χ4n) is 3.07. The predicted molar refractivity (Wildman–Crippen MR) is 79.9 cm³/mol. The lowest BCUT2D eigenvalue weighted by Crippen LogP contribution is -2.38. The summed E-state index contributed by atoms with van der Waals surface area (Å²) in [6.07, 6.45) is -0.129. The van der Waals surface area contributed by atoms with Crippen LogP contribution in [0, 0.1) is 0 Å². The molecule has 126 valence electrons. The smallest absolute Gasteiger partial charge is 0.330 e. The van der Waals surface area contributed by atoms with Gasteiger partial charge in [0.15, 0.2) is 12.0 Å². The zero-order valence-electron chi connectivity index (χ0n) is 13.0. The average molecular weight is 324 g/mol. The lowest BCUT2D eigenvalue weighted by Gasteiger charge is -2.26. The van der Waals surface area contributed by atoms with Crippen LogP contribution >= 0.6 is 0 Å². The Morgan fingerprint density at radius 2 is 2.13 bits per heavy atom. The second-order valence-corrected chi connectivity index (χ2v) is 6.17. The monoisotopic (exact) mass is 324 g/mol. The molecule has 8 heteroatoms. The molecule has 2 aliphatic heterocycles. The van der Waals surface area contributed by atoms with Crippen molar-refractivity contribution >= 4 is 0 Å². The maximum absolute atomic E-state index is 12.0.